The van der Waals surface area contributed by atoms with Gasteiger partial charge < -0.3 is 4.90 Å². The maximum Gasteiger partial charge on any atom is 0.00128 e. The third-order valence-corrected chi connectivity index (χ3v) is 3.50. The lowest BCUT2D eigenvalue weighted by Crippen LogP contribution is -2.19. The van der Waals surface area contributed by atoms with Crippen molar-refractivity contribution in [3.05, 3.63) is 0 Å². The standard InChI is InChI=1S/C10H19N/c1-2-11-7-9-5-3-4-6-10(9)8-11/h9-10H,2-8H2,1H3/t9-,10?/m0/s1. The summed E-state index contributed by atoms with van der Waals surface area (Å²) in [6.45, 7) is 6.37. The molecule has 0 radical (unpaired) electrons. The van der Waals surface area contributed by atoms with Gasteiger partial charge in [-0.2, -0.15) is 0 Å². The molecule has 0 bridgehead atoms. The highest BCUT2D eigenvalue weighted by molar-refractivity contribution is 4.85. The molecule has 0 spiro atoms. The first kappa shape index (κ1) is 7.60. The van der Waals surface area contributed by atoms with Gasteiger partial charge in [0.2, 0.25) is 0 Å². The normalized spacial score (nSPS) is 39.0. The molecule has 1 aliphatic carbocycles. The molecule has 0 N–H and O–H groups in total. The van der Waals surface area contributed by atoms with Crippen molar-refractivity contribution in [1.82, 2.24) is 4.90 Å². The lowest BCUT2D eigenvalue weighted by molar-refractivity contribution is 0.299. The Morgan fingerprint density at radius 2 is 1.64 bits per heavy atom. The van der Waals surface area contributed by atoms with Gasteiger partial charge in [0.15, 0.2) is 0 Å². The van der Waals surface area contributed by atoms with E-state index in [1.807, 2.05) is 0 Å². The van der Waals surface area contributed by atoms with Crippen LogP contribution in [0.25, 0.3) is 0 Å². The zero-order chi connectivity index (χ0) is 7.68. The molecule has 0 amide bonds. The maximum atomic E-state index is 2.63. The van der Waals surface area contributed by atoms with Crippen LogP contribution >= 0.6 is 0 Å². The Labute approximate surface area is 69.8 Å². The van der Waals surface area contributed by atoms with E-state index in [9.17, 15) is 0 Å². The summed E-state index contributed by atoms with van der Waals surface area (Å²) in [7, 11) is 0. The average molecular weight is 153 g/mol. The second-order valence-electron chi connectivity index (χ2n) is 4.16. The van der Waals surface area contributed by atoms with E-state index in [4.69, 9.17) is 0 Å². The van der Waals surface area contributed by atoms with E-state index in [-0.39, 0.29) is 0 Å². The van der Waals surface area contributed by atoms with Crippen molar-refractivity contribution in [3.63, 3.8) is 0 Å². The molecule has 64 valence electrons. The van der Waals surface area contributed by atoms with Gasteiger partial charge in [-0.05, 0) is 31.2 Å². The van der Waals surface area contributed by atoms with E-state index >= 15 is 0 Å². The molecule has 2 fully saturated rings. The van der Waals surface area contributed by atoms with Gasteiger partial charge in [0.05, 0.1) is 0 Å². The van der Waals surface area contributed by atoms with E-state index in [2.05, 4.69) is 11.8 Å². The molecule has 1 aliphatic heterocycles. The van der Waals surface area contributed by atoms with Gasteiger partial charge in [-0.3, -0.25) is 0 Å². The van der Waals surface area contributed by atoms with E-state index in [0.717, 1.165) is 11.8 Å². The molecule has 0 aromatic rings. The van der Waals surface area contributed by atoms with Gasteiger partial charge in [-0.15, -0.1) is 0 Å². The van der Waals surface area contributed by atoms with Crippen LogP contribution in [0.15, 0.2) is 0 Å². The van der Waals surface area contributed by atoms with Crippen LogP contribution in [0.5, 0.6) is 0 Å². The number of fused-ring (bicyclic) bond motifs is 1. The van der Waals surface area contributed by atoms with Crippen LogP contribution in [-0.4, -0.2) is 24.5 Å². The second kappa shape index (κ2) is 3.14. The number of nitrogens with zero attached hydrogens (tertiary/aromatic N) is 1. The van der Waals surface area contributed by atoms with Crippen LogP contribution in [0.3, 0.4) is 0 Å². The summed E-state index contributed by atoms with van der Waals surface area (Å²) >= 11 is 0. The summed E-state index contributed by atoms with van der Waals surface area (Å²) in [5.74, 6) is 2.15. The van der Waals surface area contributed by atoms with Crippen molar-refractivity contribution in [2.24, 2.45) is 11.8 Å². The highest BCUT2D eigenvalue weighted by Crippen LogP contribution is 2.35. The Bertz CT molecular complexity index is 119. The largest absolute Gasteiger partial charge is 0.303 e. The van der Waals surface area contributed by atoms with E-state index in [1.165, 1.54) is 45.3 Å². The quantitative estimate of drug-likeness (QED) is 0.558. The molecular formula is C10H19N. The zero-order valence-electron chi connectivity index (χ0n) is 7.55. The van der Waals surface area contributed by atoms with Gasteiger partial charge in [0, 0.05) is 13.1 Å². The molecule has 1 heteroatoms. The minimum Gasteiger partial charge on any atom is -0.303 e. The van der Waals surface area contributed by atoms with Gasteiger partial charge in [0.25, 0.3) is 0 Å². The first-order valence-corrected chi connectivity index (χ1v) is 5.12. The molecule has 1 saturated heterocycles. The fourth-order valence-electron chi connectivity index (χ4n) is 2.76. The summed E-state index contributed by atoms with van der Waals surface area (Å²) in [4.78, 5) is 2.63. The molecule has 1 unspecified atom stereocenters. The number of rotatable bonds is 1. The smallest absolute Gasteiger partial charge is 0.00128 e. The van der Waals surface area contributed by atoms with Gasteiger partial charge in [-0.1, -0.05) is 19.8 Å². The van der Waals surface area contributed by atoms with Crippen LogP contribution < -0.4 is 0 Å². The minimum atomic E-state index is 1.07. The average Bonchev–Trinajstić information content (AvgIpc) is 2.46. The predicted molar refractivity (Wildman–Crippen MR) is 47.6 cm³/mol. The van der Waals surface area contributed by atoms with Crippen molar-refractivity contribution >= 4 is 0 Å². The maximum absolute atomic E-state index is 2.63. The predicted octanol–water partition coefficient (Wildman–Crippen LogP) is 2.13. The van der Waals surface area contributed by atoms with Crippen molar-refractivity contribution in [1.29, 1.82) is 0 Å². The van der Waals surface area contributed by atoms with E-state index in [1.54, 1.807) is 0 Å². The van der Waals surface area contributed by atoms with Gasteiger partial charge >= 0.3 is 0 Å². The fourth-order valence-corrected chi connectivity index (χ4v) is 2.76. The Hall–Kier alpha value is -0.0400. The van der Waals surface area contributed by atoms with Crippen molar-refractivity contribution in [2.45, 2.75) is 32.6 Å². The molecule has 2 aliphatic rings. The summed E-state index contributed by atoms with van der Waals surface area (Å²) in [6, 6.07) is 0. The monoisotopic (exact) mass is 153 g/mol. The summed E-state index contributed by atoms with van der Waals surface area (Å²) < 4.78 is 0. The van der Waals surface area contributed by atoms with E-state index < -0.39 is 0 Å². The Morgan fingerprint density at radius 1 is 1.09 bits per heavy atom. The minimum absolute atomic E-state index is 1.07. The molecule has 0 aromatic carbocycles. The van der Waals surface area contributed by atoms with Crippen LogP contribution in [0.4, 0.5) is 0 Å². The number of likely N-dealkylation sites (tertiary alicyclic amines) is 1. The third kappa shape index (κ3) is 1.44. The molecular weight excluding hydrogens is 134 g/mol. The molecule has 2 rings (SSSR count). The highest BCUT2D eigenvalue weighted by Gasteiger charge is 2.33. The third-order valence-electron chi connectivity index (χ3n) is 3.50. The fraction of sp³-hybridized carbons (Fsp3) is 1.00. The Morgan fingerprint density at radius 3 is 2.09 bits per heavy atom. The van der Waals surface area contributed by atoms with Crippen LogP contribution in [0.2, 0.25) is 0 Å². The summed E-state index contributed by atoms with van der Waals surface area (Å²) in [5, 5.41) is 0. The van der Waals surface area contributed by atoms with Crippen molar-refractivity contribution < 1.29 is 0 Å². The van der Waals surface area contributed by atoms with Crippen molar-refractivity contribution in [2.75, 3.05) is 19.6 Å². The van der Waals surface area contributed by atoms with Gasteiger partial charge in [-0.25, -0.2) is 0 Å². The van der Waals surface area contributed by atoms with E-state index in [0.29, 0.717) is 0 Å². The topological polar surface area (TPSA) is 3.24 Å². The Kier molecular flexibility index (Phi) is 2.17. The molecule has 11 heavy (non-hydrogen) atoms. The first-order chi connectivity index (χ1) is 5.40. The lowest BCUT2D eigenvalue weighted by Gasteiger charge is -2.23. The first-order valence-electron chi connectivity index (χ1n) is 5.12. The molecule has 0 aromatic heterocycles. The second-order valence-corrected chi connectivity index (χ2v) is 4.16. The molecule has 1 nitrogen and oxygen atoms in total. The SMILES string of the molecule is CCN1CC2CCCC[C@H]2C1. The van der Waals surface area contributed by atoms with Crippen molar-refractivity contribution in [3.8, 4) is 0 Å². The number of hydrogen-bond donors (Lipinski definition) is 0. The van der Waals surface area contributed by atoms with Crippen LogP contribution in [0, 0.1) is 11.8 Å². The lowest BCUT2D eigenvalue weighted by atomic mass is 9.82. The summed E-state index contributed by atoms with van der Waals surface area (Å²) in [6.07, 6.45) is 6.03. The zero-order valence-corrected chi connectivity index (χ0v) is 7.55. The van der Waals surface area contributed by atoms with Crippen LogP contribution in [0.1, 0.15) is 32.6 Å². The van der Waals surface area contributed by atoms with Gasteiger partial charge in [0.1, 0.15) is 0 Å². The Balaban J connectivity index is 1.92. The highest BCUT2D eigenvalue weighted by atomic mass is 15.1. The number of hydrogen-bond acceptors (Lipinski definition) is 1. The van der Waals surface area contributed by atoms with Crippen LogP contribution in [-0.2, 0) is 0 Å². The summed E-state index contributed by atoms with van der Waals surface area (Å²) in [5.41, 5.74) is 0. The molecule has 1 heterocycles. The molecule has 1 saturated carbocycles. The molecule has 2 atom stereocenters.